The topological polar surface area (TPSA) is 57.6 Å². The summed E-state index contributed by atoms with van der Waals surface area (Å²) in [7, 11) is 0. The number of carbonyl (C=O) groups excluding carboxylic acids is 2. The number of anilines is 1. The lowest BCUT2D eigenvalue weighted by atomic mass is 9.73. The average Bonchev–Trinajstić information content (AvgIpc) is 2.87. The van der Waals surface area contributed by atoms with Gasteiger partial charge in [-0.15, -0.1) is 0 Å². The van der Waals surface area contributed by atoms with Gasteiger partial charge in [-0.05, 0) is 55.0 Å². The summed E-state index contributed by atoms with van der Waals surface area (Å²) in [6, 6.07) is 16.5. The van der Waals surface area contributed by atoms with E-state index in [0.29, 0.717) is 11.6 Å². The highest BCUT2D eigenvalue weighted by atomic mass is 16.3. The molecule has 4 rings (SSSR count). The van der Waals surface area contributed by atoms with Gasteiger partial charge in [0.2, 0.25) is 11.8 Å². The van der Waals surface area contributed by atoms with Gasteiger partial charge in [0, 0.05) is 0 Å². The van der Waals surface area contributed by atoms with Gasteiger partial charge in [0.05, 0.1) is 17.5 Å². The lowest BCUT2D eigenvalue weighted by Crippen LogP contribution is -2.30. The van der Waals surface area contributed by atoms with Crippen LogP contribution < -0.4 is 4.90 Å². The summed E-state index contributed by atoms with van der Waals surface area (Å²) in [6.07, 6.45) is 2.42. The number of phenols is 1. The number of benzene rings is 2. The van der Waals surface area contributed by atoms with Crippen LogP contribution in [-0.4, -0.2) is 16.9 Å². The zero-order chi connectivity index (χ0) is 16.7. The molecule has 1 heterocycles. The SMILES string of the molecule is O=C1C2CCC(c3ccccc3)CC2C(=O)N1c1ccc(O)cc1. The van der Waals surface area contributed by atoms with E-state index in [1.807, 2.05) is 18.2 Å². The first-order chi connectivity index (χ1) is 11.6. The highest BCUT2D eigenvalue weighted by Gasteiger charge is 2.50. The number of amides is 2. The summed E-state index contributed by atoms with van der Waals surface area (Å²) in [5.41, 5.74) is 1.80. The van der Waals surface area contributed by atoms with Crippen LogP contribution >= 0.6 is 0 Å². The van der Waals surface area contributed by atoms with Gasteiger partial charge in [-0.3, -0.25) is 14.5 Å². The molecule has 2 aromatic rings. The Morgan fingerprint density at radius 1 is 0.833 bits per heavy atom. The standard InChI is InChI=1S/C20H19NO3/c22-16-9-7-15(8-10-16)21-19(23)17-11-6-14(12-18(17)20(21)24)13-4-2-1-3-5-13/h1-5,7-10,14,17-18,22H,6,11-12H2. The number of nitrogens with zero attached hydrogens (tertiary/aromatic N) is 1. The highest BCUT2D eigenvalue weighted by Crippen LogP contribution is 2.45. The number of carbonyl (C=O) groups is 2. The van der Waals surface area contributed by atoms with Crippen molar-refractivity contribution >= 4 is 17.5 Å². The van der Waals surface area contributed by atoms with E-state index < -0.39 is 0 Å². The molecule has 1 aliphatic carbocycles. The molecule has 0 radical (unpaired) electrons. The van der Waals surface area contributed by atoms with Crippen molar-refractivity contribution in [3.05, 3.63) is 60.2 Å². The Morgan fingerprint density at radius 3 is 2.21 bits per heavy atom. The molecule has 122 valence electrons. The van der Waals surface area contributed by atoms with Gasteiger partial charge in [-0.25, -0.2) is 0 Å². The second-order valence-electron chi connectivity index (χ2n) is 6.66. The Kier molecular flexibility index (Phi) is 3.60. The van der Waals surface area contributed by atoms with Gasteiger partial charge in [-0.2, -0.15) is 0 Å². The molecule has 1 N–H and O–H groups in total. The van der Waals surface area contributed by atoms with E-state index in [-0.39, 0.29) is 29.4 Å². The Hall–Kier alpha value is -2.62. The van der Waals surface area contributed by atoms with Crippen LogP contribution in [0, 0.1) is 11.8 Å². The molecular formula is C20H19NO3. The number of hydrogen-bond donors (Lipinski definition) is 1. The van der Waals surface area contributed by atoms with Crippen LogP contribution in [0.1, 0.15) is 30.7 Å². The van der Waals surface area contributed by atoms with Crippen molar-refractivity contribution in [1.82, 2.24) is 0 Å². The van der Waals surface area contributed by atoms with E-state index in [0.717, 1.165) is 19.3 Å². The van der Waals surface area contributed by atoms with Gasteiger partial charge < -0.3 is 5.11 Å². The van der Waals surface area contributed by atoms with Gasteiger partial charge >= 0.3 is 0 Å². The summed E-state index contributed by atoms with van der Waals surface area (Å²) in [5.74, 6) is -0.168. The third kappa shape index (κ3) is 2.39. The molecule has 2 aliphatic rings. The maximum atomic E-state index is 12.9. The molecule has 1 saturated heterocycles. The third-order valence-electron chi connectivity index (χ3n) is 5.30. The maximum Gasteiger partial charge on any atom is 0.237 e. The molecule has 1 aliphatic heterocycles. The summed E-state index contributed by atoms with van der Waals surface area (Å²) in [5, 5.41) is 9.41. The molecule has 24 heavy (non-hydrogen) atoms. The molecule has 3 atom stereocenters. The largest absolute Gasteiger partial charge is 0.508 e. The average molecular weight is 321 g/mol. The summed E-state index contributed by atoms with van der Waals surface area (Å²) in [4.78, 5) is 26.9. The monoisotopic (exact) mass is 321 g/mol. The van der Waals surface area contributed by atoms with Gasteiger partial charge in [0.25, 0.3) is 0 Å². The van der Waals surface area contributed by atoms with Crippen LogP contribution in [-0.2, 0) is 9.59 Å². The van der Waals surface area contributed by atoms with Crippen molar-refractivity contribution in [3.63, 3.8) is 0 Å². The fourth-order valence-corrected chi connectivity index (χ4v) is 4.06. The second kappa shape index (κ2) is 5.78. The van der Waals surface area contributed by atoms with Crippen LogP contribution in [0.25, 0.3) is 0 Å². The Bertz CT molecular complexity index is 769. The summed E-state index contributed by atoms with van der Waals surface area (Å²) >= 11 is 0. The van der Waals surface area contributed by atoms with Gasteiger partial charge in [0.15, 0.2) is 0 Å². The molecule has 2 amide bonds. The number of hydrogen-bond acceptors (Lipinski definition) is 3. The molecule has 0 spiro atoms. The minimum absolute atomic E-state index is 0.0952. The third-order valence-corrected chi connectivity index (χ3v) is 5.30. The Labute approximate surface area is 140 Å². The second-order valence-corrected chi connectivity index (χ2v) is 6.66. The van der Waals surface area contributed by atoms with E-state index in [1.165, 1.54) is 22.6 Å². The molecule has 4 nitrogen and oxygen atoms in total. The van der Waals surface area contributed by atoms with Gasteiger partial charge in [-0.1, -0.05) is 30.3 Å². The normalized spacial score (nSPS) is 26.5. The molecule has 1 saturated carbocycles. The molecule has 2 aromatic carbocycles. The fourth-order valence-electron chi connectivity index (χ4n) is 4.06. The first-order valence-corrected chi connectivity index (χ1v) is 8.37. The lowest BCUT2D eigenvalue weighted by Gasteiger charge is -2.28. The first kappa shape index (κ1) is 14.9. The van der Waals surface area contributed by atoms with Crippen molar-refractivity contribution in [2.75, 3.05) is 4.90 Å². The summed E-state index contributed by atoms with van der Waals surface area (Å²) in [6.45, 7) is 0. The van der Waals surface area contributed by atoms with Crippen molar-refractivity contribution in [2.24, 2.45) is 11.8 Å². The molecule has 0 aromatic heterocycles. The Morgan fingerprint density at radius 2 is 1.50 bits per heavy atom. The minimum Gasteiger partial charge on any atom is -0.508 e. The smallest absolute Gasteiger partial charge is 0.237 e. The van der Waals surface area contributed by atoms with Crippen LogP contribution in [0.5, 0.6) is 5.75 Å². The van der Waals surface area contributed by atoms with Crippen LogP contribution in [0.4, 0.5) is 5.69 Å². The van der Waals surface area contributed by atoms with E-state index in [9.17, 15) is 14.7 Å². The quantitative estimate of drug-likeness (QED) is 0.862. The zero-order valence-electron chi connectivity index (χ0n) is 13.3. The number of rotatable bonds is 2. The number of aromatic hydroxyl groups is 1. The van der Waals surface area contributed by atoms with E-state index in [1.54, 1.807) is 12.1 Å². The lowest BCUT2D eigenvalue weighted by molar-refractivity contribution is -0.122. The van der Waals surface area contributed by atoms with Crippen molar-refractivity contribution in [1.29, 1.82) is 0 Å². The first-order valence-electron chi connectivity index (χ1n) is 8.37. The molecule has 4 heteroatoms. The number of phenolic OH excluding ortho intramolecular Hbond substituents is 1. The summed E-state index contributed by atoms with van der Waals surface area (Å²) < 4.78 is 0. The van der Waals surface area contributed by atoms with Crippen LogP contribution in [0.15, 0.2) is 54.6 Å². The molecule has 2 fully saturated rings. The zero-order valence-corrected chi connectivity index (χ0v) is 13.3. The predicted octanol–water partition coefficient (Wildman–Crippen LogP) is 3.47. The fraction of sp³-hybridized carbons (Fsp3) is 0.300. The molecule has 3 unspecified atom stereocenters. The van der Waals surface area contributed by atoms with E-state index in [2.05, 4.69) is 12.1 Å². The van der Waals surface area contributed by atoms with Crippen molar-refractivity contribution in [3.8, 4) is 5.75 Å². The maximum absolute atomic E-state index is 12.9. The van der Waals surface area contributed by atoms with Crippen LogP contribution in [0.3, 0.4) is 0 Å². The number of fused-ring (bicyclic) bond motifs is 1. The molecule has 0 bridgehead atoms. The van der Waals surface area contributed by atoms with Crippen molar-refractivity contribution < 1.29 is 14.7 Å². The van der Waals surface area contributed by atoms with Gasteiger partial charge in [0.1, 0.15) is 5.75 Å². The minimum atomic E-state index is -0.231. The van der Waals surface area contributed by atoms with Crippen LogP contribution in [0.2, 0.25) is 0 Å². The Balaban J connectivity index is 1.60. The highest BCUT2D eigenvalue weighted by molar-refractivity contribution is 6.22. The predicted molar refractivity (Wildman–Crippen MR) is 90.6 cm³/mol. The molecular weight excluding hydrogens is 302 g/mol. The number of imide groups is 1. The van der Waals surface area contributed by atoms with E-state index in [4.69, 9.17) is 0 Å². The van der Waals surface area contributed by atoms with E-state index >= 15 is 0 Å². The van der Waals surface area contributed by atoms with Crippen molar-refractivity contribution in [2.45, 2.75) is 25.2 Å².